The third-order valence-corrected chi connectivity index (χ3v) is 6.12. The second-order valence-electron chi connectivity index (χ2n) is 6.09. The predicted octanol–water partition coefficient (Wildman–Crippen LogP) is 1.39. The van der Waals surface area contributed by atoms with E-state index in [9.17, 15) is 13.2 Å². The van der Waals surface area contributed by atoms with Gasteiger partial charge in [0.05, 0.1) is 5.75 Å². The second-order valence-corrected chi connectivity index (χ2v) is 8.39. The fourth-order valence-electron chi connectivity index (χ4n) is 2.73. The minimum atomic E-state index is -3.25. The van der Waals surface area contributed by atoms with Crippen molar-refractivity contribution in [1.29, 1.82) is 0 Å². The molecule has 0 aliphatic heterocycles. The number of carbonyl (C=O) groups is 1. The van der Waals surface area contributed by atoms with Crippen LogP contribution in [-0.2, 0) is 10.0 Å². The van der Waals surface area contributed by atoms with Crippen LogP contribution in [0, 0.1) is 11.8 Å². The molecule has 1 aliphatic rings. The van der Waals surface area contributed by atoms with Crippen LogP contribution in [0.15, 0.2) is 0 Å². The maximum absolute atomic E-state index is 11.6. The van der Waals surface area contributed by atoms with Crippen molar-refractivity contribution in [2.45, 2.75) is 39.0 Å². The number of sulfonamides is 1. The molecule has 0 aromatic rings. The average molecular weight is 319 g/mol. The van der Waals surface area contributed by atoms with Crippen molar-refractivity contribution in [2.24, 2.45) is 11.8 Å². The van der Waals surface area contributed by atoms with Gasteiger partial charge in [-0.15, -0.1) is 0 Å². The van der Waals surface area contributed by atoms with Gasteiger partial charge in [0.25, 0.3) is 0 Å². The van der Waals surface area contributed by atoms with Gasteiger partial charge in [-0.25, -0.2) is 17.5 Å². The number of urea groups is 1. The van der Waals surface area contributed by atoms with Gasteiger partial charge >= 0.3 is 6.03 Å². The molecule has 2 atom stereocenters. The molecule has 0 spiro atoms. The van der Waals surface area contributed by atoms with Crippen molar-refractivity contribution in [1.82, 2.24) is 14.9 Å². The number of hydrogen-bond acceptors (Lipinski definition) is 3. The summed E-state index contributed by atoms with van der Waals surface area (Å²) in [6.45, 7) is 3.07. The fourth-order valence-corrected chi connectivity index (χ4v) is 3.46. The van der Waals surface area contributed by atoms with E-state index in [1.165, 1.54) is 39.8 Å². The van der Waals surface area contributed by atoms with E-state index in [0.29, 0.717) is 12.5 Å². The lowest BCUT2D eigenvalue weighted by atomic mass is 9.79. The van der Waals surface area contributed by atoms with Gasteiger partial charge in [0.2, 0.25) is 10.0 Å². The lowest BCUT2D eigenvalue weighted by Crippen LogP contribution is -2.40. The maximum atomic E-state index is 11.6. The molecule has 2 amide bonds. The van der Waals surface area contributed by atoms with E-state index in [1.54, 1.807) is 0 Å². The van der Waals surface area contributed by atoms with Crippen molar-refractivity contribution >= 4 is 16.1 Å². The van der Waals surface area contributed by atoms with Crippen LogP contribution >= 0.6 is 0 Å². The zero-order valence-electron chi connectivity index (χ0n) is 13.4. The molecule has 1 rings (SSSR count). The van der Waals surface area contributed by atoms with Crippen molar-refractivity contribution in [3.8, 4) is 0 Å². The molecule has 21 heavy (non-hydrogen) atoms. The smallest absolute Gasteiger partial charge is 0.314 e. The third-order valence-electron chi connectivity index (χ3n) is 4.29. The Balaban J connectivity index is 2.14. The first-order chi connectivity index (χ1) is 9.83. The Hall–Kier alpha value is -0.820. The molecule has 0 bridgehead atoms. The van der Waals surface area contributed by atoms with Gasteiger partial charge in [0, 0.05) is 27.2 Å². The summed E-state index contributed by atoms with van der Waals surface area (Å²) in [5, 5.41) is 5.39. The Morgan fingerprint density at radius 2 is 1.76 bits per heavy atom. The van der Waals surface area contributed by atoms with Gasteiger partial charge in [-0.1, -0.05) is 32.6 Å². The van der Waals surface area contributed by atoms with Crippen molar-refractivity contribution in [2.75, 3.05) is 32.9 Å². The summed E-state index contributed by atoms with van der Waals surface area (Å²) in [5.74, 6) is 1.37. The van der Waals surface area contributed by atoms with Crippen LogP contribution in [0.4, 0.5) is 4.79 Å². The Morgan fingerprint density at radius 1 is 1.14 bits per heavy atom. The summed E-state index contributed by atoms with van der Waals surface area (Å²) in [4.78, 5) is 11.6. The van der Waals surface area contributed by atoms with Crippen LogP contribution < -0.4 is 10.6 Å². The summed E-state index contributed by atoms with van der Waals surface area (Å²) in [6.07, 6.45) is 6.17. The van der Waals surface area contributed by atoms with Crippen LogP contribution in [0.3, 0.4) is 0 Å². The summed E-state index contributed by atoms with van der Waals surface area (Å²) < 4.78 is 24.2. The molecule has 2 unspecified atom stereocenters. The zero-order chi connectivity index (χ0) is 15.9. The molecule has 7 heteroatoms. The molecule has 0 saturated heterocycles. The molecular weight excluding hydrogens is 290 g/mol. The van der Waals surface area contributed by atoms with Gasteiger partial charge in [0.1, 0.15) is 0 Å². The second kappa shape index (κ2) is 8.58. The molecule has 0 aromatic carbocycles. The summed E-state index contributed by atoms with van der Waals surface area (Å²) >= 11 is 0. The van der Waals surface area contributed by atoms with Crippen LogP contribution in [0.25, 0.3) is 0 Å². The number of nitrogens with one attached hydrogen (secondary N) is 2. The van der Waals surface area contributed by atoms with E-state index in [-0.39, 0.29) is 18.3 Å². The highest BCUT2D eigenvalue weighted by Gasteiger charge is 2.20. The van der Waals surface area contributed by atoms with E-state index in [4.69, 9.17) is 0 Å². The largest absolute Gasteiger partial charge is 0.338 e. The monoisotopic (exact) mass is 319 g/mol. The first kappa shape index (κ1) is 18.2. The number of rotatable bonds is 7. The van der Waals surface area contributed by atoms with Gasteiger partial charge in [-0.05, 0) is 18.3 Å². The lowest BCUT2D eigenvalue weighted by molar-refractivity contribution is 0.228. The number of nitrogens with zero attached hydrogens (tertiary/aromatic N) is 1. The zero-order valence-corrected chi connectivity index (χ0v) is 14.2. The van der Waals surface area contributed by atoms with Gasteiger partial charge < -0.3 is 10.6 Å². The van der Waals surface area contributed by atoms with E-state index in [1.807, 2.05) is 0 Å². The van der Waals surface area contributed by atoms with E-state index in [0.717, 1.165) is 16.6 Å². The molecule has 2 N–H and O–H groups in total. The summed E-state index contributed by atoms with van der Waals surface area (Å²) in [6, 6.07) is -0.285. The molecule has 0 radical (unpaired) electrons. The summed E-state index contributed by atoms with van der Waals surface area (Å²) in [5.41, 5.74) is 0. The van der Waals surface area contributed by atoms with Crippen molar-refractivity contribution < 1.29 is 13.2 Å². The van der Waals surface area contributed by atoms with Gasteiger partial charge in [0.15, 0.2) is 0 Å². The van der Waals surface area contributed by atoms with E-state index < -0.39 is 10.0 Å². The molecule has 6 nitrogen and oxygen atoms in total. The molecular formula is C14H29N3O3S. The van der Waals surface area contributed by atoms with Crippen LogP contribution in [-0.4, -0.2) is 51.7 Å². The molecule has 0 aromatic heterocycles. The highest BCUT2D eigenvalue weighted by atomic mass is 32.2. The van der Waals surface area contributed by atoms with Crippen molar-refractivity contribution in [3.05, 3.63) is 0 Å². The fraction of sp³-hybridized carbons (Fsp3) is 0.929. The average Bonchev–Trinajstić information content (AvgIpc) is 2.40. The molecule has 1 fully saturated rings. The Bertz CT molecular complexity index is 423. The van der Waals surface area contributed by atoms with Crippen LogP contribution in [0.1, 0.15) is 39.0 Å². The number of amides is 2. The first-order valence-corrected chi connectivity index (χ1v) is 9.35. The Kier molecular flexibility index (Phi) is 7.45. The lowest BCUT2D eigenvalue weighted by Gasteiger charge is -2.28. The molecule has 124 valence electrons. The quantitative estimate of drug-likeness (QED) is 0.744. The predicted molar refractivity (Wildman–Crippen MR) is 84.6 cm³/mol. The highest BCUT2D eigenvalue weighted by Crippen LogP contribution is 2.31. The van der Waals surface area contributed by atoms with Gasteiger partial charge in [-0.2, -0.15) is 0 Å². The molecule has 1 saturated carbocycles. The normalized spacial score (nSPS) is 23.0. The van der Waals surface area contributed by atoms with Gasteiger partial charge in [-0.3, -0.25) is 0 Å². The Labute approximate surface area is 128 Å². The third kappa shape index (κ3) is 6.65. The SMILES string of the molecule is CC1CCCCC1CCNC(=O)NCCS(=O)(=O)N(C)C. The first-order valence-electron chi connectivity index (χ1n) is 7.75. The molecule has 1 aliphatic carbocycles. The van der Waals surface area contributed by atoms with E-state index in [2.05, 4.69) is 17.6 Å². The number of carbonyl (C=O) groups excluding carboxylic acids is 1. The molecule has 0 heterocycles. The minimum absolute atomic E-state index is 0.0763. The topological polar surface area (TPSA) is 78.5 Å². The minimum Gasteiger partial charge on any atom is -0.338 e. The van der Waals surface area contributed by atoms with E-state index >= 15 is 0 Å². The van der Waals surface area contributed by atoms with Crippen LogP contribution in [0.5, 0.6) is 0 Å². The Morgan fingerprint density at radius 3 is 2.38 bits per heavy atom. The highest BCUT2D eigenvalue weighted by molar-refractivity contribution is 7.89. The maximum Gasteiger partial charge on any atom is 0.314 e. The van der Waals surface area contributed by atoms with Crippen molar-refractivity contribution in [3.63, 3.8) is 0 Å². The van der Waals surface area contributed by atoms with Crippen LogP contribution in [0.2, 0.25) is 0 Å². The summed E-state index contributed by atoms with van der Waals surface area (Å²) in [7, 11) is -0.274. The number of hydrogen-bond donors (Lipinski definition) is 2. The standard InChI is InChI=1S/C14H29N3O3S/c1-12-6-4-5-7-13(12)8-9-15-14(18)16-10-11-21(19,20)17(2)3/h12-13H,4-11H2,1-3H3,(H2,15,16,18).